The number of thioether (sulfide) groups is 1. The van der Waals surface area contributed by atoms with Gasteiger partial charge in [0, 0.05) is 31.5 Å². The van der Waals surface area contributed by atoms with Crippen molar-refractivity contribution in [1.82, 2.24) is 4.98 Å². The third-order valence-electron chi connectivity index (χ3n) is 7.61. The summed E-state index contributed by atoms with van der Waals surface area (Å²) in [4.78, 5) is 57.6. The average molecular weight is 707 g/mol. The molecule has 12 heteroatoms. The van der Waals surface area contributed by atoms with Crippen molar-refractivity contribution in [2.24, 2.45) is 5.92 Å². The first-order chi connectivity index (χ1) is 21.3. The van der Waals surface area contributed by atoms with Crippen LogP contribution in [0.25, 0.3) is 10.8 Å². The van der Waals surface area contributed by atoms with E-state index in [1.54, 1.807) is 42.5 Å². The number of imide groups is 1. The molecule has 2 N–H and O–H groups in total. The summed E-state index contributed by atoms with van der Waals surface area (Å²) in [5.74, 6) is -2.34. The lowest BCUT2D eigenvalue weighted by Gasteiger charge is -2.31. The highest BCUT2D eigenvalue weighted by atomic mass is 79.9. The summed E-state index contributed by atoms with van der Waals surface area (Å²) in [7, 11) is 0. The molecule has 0 saturated carbocycles. The van der Waals surface area contributed by atoms with Crippen molar-refractivity contribution < 1.29 is 19.1 Å². The number of halogens is 2. The SMILES string of the molecule is O=C(COc1ccc(Cl)cc1[C@H]1c2sc(=O)[nH]c2SC2C(=O)N(c3ccc(Br)cc3)C(=O)C21)Nc1ccc2ccccc2c1. The van der Waals surface area contributed by atoms with Crippen LogP contribution in [0.4, 0.5) is 11.4 Å². The lowest BCUT2D eigenvalue weighted by atomic mass is 9.82. The predicted molar refractivity (Wildman–Crippen MR) is 176 cm³/mol. The molecule has 2 unspecified atom stereocenters. The highest BCUT2D eigenvalue weighted by Gasteiger charge is 2.56. The Hall–Kier alpha value is -3.90. The quantitative estimate of drug-likeness (QED) is 0.188. The number of ether oxygens (including phenoxy) is 1. The van der Waals surface area contributed by atoms with Gasteiger partial charge in [0.05, 0.1) is 16.6 Å². The Morgan fingerprint density at radius 1 is 0.955 bits per heavy atom. The lowest BCUT2D eigenvalue weighted by Crippen LogP contribution is -2.32. The number of fused-ring (bicyclic) bond motifs is 3. The molecule has 7 rings (SSSR count). The number of thiazole rings is 1. The second-order valence-corrected chi connectivity index (χ2v) is 13.8. The normalized spacial score (nSPS) is 19.1. The minimum Gasteiger partial charge on any atom is -0.483 e. The maximum Gasteiger partial charge on any atom is 0.305 e. The molecule has 0 bridgehead atoms. The largest absolute Gasteiger partial charge is 0.483 e. The monoisotopic (exact) mass is 705 g/mol. The molecule has 1 aromatic heterocycles. The Kier molecular flexibility index (Phi) is 7.57. The summed E-state index contributed by atoms with van der Waals surface area (Å²) < 4.78 is 6.86. The molecule has 3 heterocycles. The van der Waals surface area contributed by atoms with Crippen LogP contribution in [-0.2, 0) is 14.4 Å². The zero-order valence-electron chi connectivity index (χ0n) is 22.6. The van der Waals surface area contributed by atoms with Crippen molar-refractivity contribution in [2.45, 2.75) is 16.2 Å². The third-order valence-corrected chi connectivity index (χ3v) is 10.8. The van der Waals surface area contributed by atoms with Crippen molar-refractivity contribution in [3.63, 3.8) is 0 Å². The Balaban J connectivity index is 1.21. The fourth-order valence-corrected chi connectivity index (χ4v) is 8.65. The fourth-order valence-electron chi connectivity index (χ4n) is 5.70. The molecule has 5 aromatic rings. The number of nitrogens with one attached hydrogen (secondary N) is 2. The number of aromatic nitrogens is 1. The van der Waals surface area contributed by atoms with Gasteiger partial charge in [0.25, 0.3) is 5.91 Å². The Labute approximate surface area is 272 Å². The molecule has 0 aliphatic carbocycles. The van der Waals surface area contributed by atoms with Crippen LogP contribution in [0.1, 0.15) is 16.4 Å². The molecular weight excluding hydrogens is 686 g/mol. The molecule has 44 heavy (non-hydrogen) atoms. The highest BCUT2D eigenvalue weighted by molar-refractivity contribution is 9.10. The van der Waals surface area contributed by atoms with Crippen LogP contribution in [-0.4, -0.2) is 34.6 Å². The standard InChI is InChI=1S/C32H21BrClN3O5S2/c33-18-6-10-21(11-7-18)37-30(39)26-25(27-29(36-32(41)44-27)43-28(26)31(37)40)22-14-19(34)8-12-23(22)42-15-24(38)35-20-9-5-16-3-1-2-4-17(16)13-20/h1-14,25-26,28H,15H2,(H,35,38)(H,36,41)/t25-,26?,28?/m1/s1. The van der Waals surface area contributed by atoms with Crippen LogP contribution in [0.5, 0.6) is 5.75 Å². The van der Waals surface area contributed by atoms with Gasteiger partial charge in [-0.15, -0.1) is 0 Å². The first-order valence-electron chi connectivity index (χ1n) is 13.5. The molecule has 4 aromatic carbocycles. The van der Waals surface area contributed by atoms with Crippen LogP contribution in [0.15, 0.2) is 99.2 Å². The number of nitrogens with zero attached hydrogens (tertiary/aromatic N) is 1. The van der Waals surface area contributed by atoms with Crippen molar-refractivity contribution in [3.8, 4) is 5.75 Å². The smallest absolute Gasteiger partial charge is 0.305 e. The van der Waals surface area contributed by atoms with Crippen LogP contribution in [0, 0.1) is 5.92 Å². The van der Waals surface area contributed by atoms with Crippen LogP contribution < -0.4 is 19.8 Å². The molecule has 220 valence electrons. The predicted octanol–water partition coefficient (Wildman–Crippen LogP) is 6.82. The van der Waals surface area contributed by atoms with Crippen molar-refractivity contribution in [3.05, 3.63) is 115 Å². The van der Waals surface area contributed by atoms with E-state index in [1.165, 1.54) is 16.7 Å². The number of anilines is 2. The number of aromatic amines is 1. The van der Waals surface area contributed by atoms with Gasteiger partial charge in [-0.05, 0) is 65.4 Å². The van der Waals surface area contributed by atoms with Crippen LogP contribution in [0.3, 0.4) is 0 Å². The van der Waals surface area contributed by atoms with E-state index in [4.69, 9.17) is 16.3 Å². The van der Waals surface area contributed by atoms with E-state index >= 15 is 0 Å². The number of amides is 3. The zero-order chi connectivity index (χ0) is 30.5. The number of hydrogen-bond acceptors (Lipinski definition) is 7. The van der Waals surface area contributed by atoms with E-state index in [2.05, 4.69) is 26.2 Å². The lowest BCUT2D eigenvalue weighted by molar-refractivity contribution is -0.122. The number of carbonyl (C=O) groups is 3. The molecule has 2 aliphatic heterocycles. The molecule has 0 radical (unpaired) electrons. The van der Waals surface area contributed by atoms with Gasteiger partial charge in [-0.25, -0.2) is 4.90 Å². The molecule has 3 atom stereocenters. The minimum absolute atomic E-state index is 0.295. The number of rotatable bonds is 6. The molecule has 3 amide bonds. The van der Waals surface area contributed by atoms with E-state index in [1.807, 2.05) is 42.5 Å². The van der Waals surface area contributed by atoms with Gasteiger partial charge >= 0.3 is 4.87 Å². The summed E-state index contributed by atoms with van der Waals surface area (Å²) in [6.07, 6.45) is 0. The van der Waals surface area contributed by atoms with Gasteiger partial charge in [-0.1, -0.05) is 81.0 Å². The molecule has 8 nitrogen and oxygen atoms in total. The van der Waals surface area contributed by atoms with Gasteiger partial charge in [0.15, 0.2) is 6.61 Å². The molecule has 0 spiro atoms. The second kappa shape index (κ2) is 11.6. The summed E-state index contributed by atoms with van der Waals surface area (Å²) in [6, 6.07) is 25.4. The van der Waals surface area contributed by atoms with Gasteiger partial charge in [0.2, 0.25) is 11.8 Å². The fraction of sp³-hybridized carbons (Fsp3) is 0.125. The van der Waals surface area contributed by atoms with Crippen LogP contribution >= 0.6 is 50.6 Å². The van der Waals surface area contributed by atoms with Crippen LogP contribution in [0.2, 0.25) is 5.02 Å². The van der Waals surface area contributed by atoms with Gasteiger partial charge in [-0.3, -0.25) is 19.2 Å². The van der Waals surface area contributed by atoms with E-state index < -0.39 is 17.1 Å². The minimum atomic E-state index is -0.831. The van der Waals surface area contributed by atoms with E-state index in [0.717, 1.165) is 26.6 Å². The van der Waals surface area contributed by atoms with Gasteiger partial charge in [0.1, 0.15) is 11.0 Å². The van der Waals surface area contributed by atoms with Crippen molar-refractivity contribution in [2.75, 3.05) is 16.8 Å². The van der Waals surface area contributed by atoms with E-state index in [-0.39, 0.29) is 29.2 Å². The average Bonchev–Trinajstić information content (AvgIpc) is 3.51. The summed E-state index contributed by atoms with van der Waals surface area (Å²) in [5, 5.41) is 5.05. The van der Waals surface area contributed by atoms with Gasteiger partial charge in [-0.2, -0.15) is 0 Å². The Morgan fingerprint density at radius 2 is 1.73 bits per heavy atom. The maximum absolute atomic E-state index is 14.1. The van der Waals surface area contributed by atoms with Crippen molar-refractivity contribution in [1.29, 1.82) is 0 Å². The summed E-state index contributed by atoms with van der Waals surface area (Å²) in [5.41, 5.74) is 1.61. The number of benzene rings is 4. The Bertz CT molecular complexity index is 2030. The topological polar surface area (TPSA) is 109 Å². The molecule has 2 aliphatic rings. The number of hydrogen-bond donors (Lipinski definition) is 2. The van der Waals surface area contributed by atoms with Gasteiger partial charge < -0.3 is 15.0 Å². The second-order valence-electron chi connectivity index (χ2n) is 10.3. The summed E-state index contributed by atoms with van der Waals surface area (Å²) in [6.45, 7) is -0.314. The maximum atomic E-state index is 14.1. The number of H-pyrrole nitrogens is 1. The first-order valence-corrected chi connectivity index (χ1v) is 16.4. The summed E-state index contributed by atoms with van der Waals surface area (Å²) >= 11 is 12.0. The molecule has 1 saturated heterocycles. The zero-order valence-corrected chi connectivity index (χ0v) is 26.6. The first kappa shape index (κ1) is 28.8. The Morgan fingerprint density at radius 3 is 2.52 bits per heavy atom. The van der Waals surface area contributed by atoms with E-state index in [9.17, 15) is 19.2 Å². The van der Waals surface area contributed by atoms with E-state index in [0.29, 0.717) is 37.6 Å². The highest BCUT2D eigenvalue weighted by Crippen LogP contribution is 2.54. The van der Waals surface area contributed by atoms with Crippen molar-refractivity contribution >= 4 is 90.5 Å². The molecular formula is C32H21BrClN3O5S2. The number of carbonyl (C=O) groups excluding carboxylic acids is 3. The third kappa shape index (κ3) is 5.23. The molecule has 1 fully saturated rings.